The highest BCUT2D eigenvalue weighted by molar-refractivity contribution is 6.23. The van der Waals surface area contributed by atoms with Crippen molar-refractivity contribution in [2.45, 2.75) is 94.8 Å². The Morgan fingerprint density at radius 2 is 1.67 bits per heavy atom. The van der Waals surface area contributed by atoms with Crippen LogP contribution in [-0.4, -0.2) is 109 Å². The Kier molecular flexibility index (Phi) is 10.7. The zero-order valence-electron chi connectivity index (χ0n) is 33.3. The number of hydrogen-bond donors (Lipinski definition) is 4. The van der Waals surface area contributed by atoms with Crippen molar-refractivity contribution in [3.05, 3.63) is 65.2 Å². The molecular weight excluding hydrogens is 795 g/mol. The highest BCUT2D eigenvalue weighted by Gasteiger charge is 2.45. The maximum Gasteiger partial charge on any atom is 0.284 e. The van der Waals surface area contributed by atoms with Gasteiger partial charge >= 0.3 is 0 Å². The summed E-state index contributed by atoms with van der Waals surface area (Å²) in [5, 5.41) is 16.4. The van der Waals surface area contributed by atoms with Crippen LogP contribution in [0.2, 0.25) is 0 Å². The highest BCUT2D eigenvalue weighted by Crippen LogP contribution is 2.36. The molecule has 61 heavy (non-hydrogen) atoms. The molecule has 3 aromatic heterocycles. The van der Waals surface area contributed by atoms with Gasteiger partial charge in [-0.1, -0.05) is 0 Å². The minimum absolute atomic E-state index is 0.0207. The smallest absolute Gasteiger partial charge is 0.284 e. The van der Waals surface area contributed by atoms with E-state index in [9.17, 15) is 37.5 Å². The maximum absolute atomic E-state index is 14.3. The van der Waals surface area contributed by atoms with Crippen LogP contribution in [0.25, 0.3) is 5.65 Å². The van der Waals surface area contributed by atoms with Crippen molar-refractivity contribution in [3.8, 4) is 0 Å². The number of nitrogens with one attached hydrogen (secondary N) is 3. The van der Waals surface area contributed by atoms with E-state index < -0.39 is 47.7 Å². The largest absolute Gasteiger partial charge is 0.371 e. The van der Waals surface area contributed by atoms with Crippen molar-refractivity contribution < 1.29 is 37.5 Å². The van der Waals surface area contributed by atoms with Gasteiger partial charge in [0.25, 0.3) is 24.1 Å². The molecule has 4 aromatic rings. The molecule has 3 saturated heterocycles. The van der Waals surface area contributed by atoms with Crippen molar-refractivity contribution in [2.75, 3.05) is 41.3 Å². The predicted molar refractivity (Wildman–Crippen MR) is 215 cm³/mol. The van der Waals surface area contributed by atoms with Crippen molar-refractivity contribution in [1.82, 2.24) is 39.9 Å². The number of nitrogens with zero attached hydrogens (tertiary/aromatic N) is 8. The number of halogens is 2. The van der Waals surface area contributed by atoms with E-state index in [4.69, 9.17) is 5.73 Å². The number of nitrogens with two attached hydrogens (primary N) is 1. The Bertz CT molecular complexity index is 2420. The topological polar surface area (TPSA) is 222 Å². The summed E-state index contributed by atoms with van der Waals surface area (Å²) < 4.78 is 31.5. The number of piperidine rings is 3. The van der Waals surface area contributed by atoms with Gasteiger partial charge in [0.1, 0.15) is 17.4 Å². The molecule has 0 radical (unpaired) electrons. The number of carbonyl (C=O) groups is 6. The van der Waals surface area contributed by atoms with Crippen LogP contribution in [0.5, 0.6) is 0 Å². The summed E-state index contributed by atoms with van der Waals surface area (Å²) in [7, 11) is 0. The fourth-order valence-electron chi connectivity index (χ4n) is 9.31. The normalized spacial score (nSPS) is 23.8. The van der Waals surface area contributed by atoms with E-state index in [1.165, 1.54) is 21.6 Å². The number of imide groups is 2. The molecular formula is C41H46F2N12O6. The Hall–Kier alpha value is -6.31. The molecule has 1 unspecified atom stereocenters. The van der Waals surface area contributed by atoms with Crippen LogP contribution in [0.4, 0.5) is 26.0 Å². The molecule has 320 valence electrons. The number of anilines is 3. The molecule has 4 fully saturated rings. The van der Waals surface area contributed by atoms with E-state index in [2.05, 4.69) is 40.9 Å². The number of fused-ring (bicyclic) bond motifs is 2. The van der Waals surface area contributed by atoms with Crippen LogP contribution in [0, 0.1) is 5.92 Å². The van der Waals surface area contributed by atoms with Crippen LogP contribution in [0.3, 0.4) is 0 Å². The lowest BCUT2D eigenvalue weighted by molar-refractivity contribution is -0.136. The lowest BCUT2D eigenvalue weighted by Crippen LogP contribution is -2.54. The zero-order valence-corrected chi connectivity index (χ0v) is 33.3. The quantitative estimate of drug-likeness (QED) is 0.179. The van der Waals surface area contributed by atoms with Gasteiger partial charge in [-0.15, -0.1) is 0 Å². The van der Waals surface area contributed by atoms with Crippen LogP contribution in [0.1, 0.15) is 113 Å². The SMILES string of the molecule is N[C@@H]1CCCN(c2ccn3ncc(C(=O)Nc4cn(C5CCC(C(=O)NC6CCN(c7ccc8c(c7)C(=O)N(C7CCC(=O)NC7=O)C8=O)CC6)CC5)nc4C(F)F)c3n2)C1. The molecule has 7 heterocycles. The number of amides is 6. The second kappa shape index (κ2) is 16.3. The minimum atomic E-state index is -2.94. The average Bonchev–Trinajstić information content (AvgIpc) is 3.95. The third kappa shape index (κ3) is 7.79. The number of rotatable bonds is 9. The number of hydrogen-bond acceptors (Lipinski definition) is 12. The van der Waals surface area contributed by atoms with Crippen LogP contribution < -0.4 is 31.5 Å². The lowest BCUT2D eigenvalue weighted by Gasteiger charge is -2.35. The second-order valence-electron chi connectivity index (χ2n) is 16.6. The first-order valence-corrected chi connectivity index (χ1v) is 20.9. The Morgan fingerprint density at radius 1 is 0.902 bits per heavy atom. The summed E-state index contributed by atoms with van der Waals surface area (Å²) in [4.78, 5) is 87.2. The number of alkyl halides is 2. The first-order chi connectivity index (χ1) is 29.4. The molecule has 1 aliphatic carbocycles. The highest BCUT2D eigenvalue weighted by atomic mass is 19.3. The molecule has 1 aromatic carbocycles. The van der Waals surface area contributed by atoms with E-state index >= 15 is 0 Å². The second-order valence-corrected chi connectivity index (χ2v) is 16.6. The maximum atomic E-state index is 14.3. The summed E-state index contributed by atoms with van der Waals surface area (Å²) in [5.74, 6) is -2.50. The first kappa shape index (κ1) is 40.1. The van der Waals surface area contributed by atoms with Gasteiger partial charge in [0.15, 0.2) is 11.3 Å². The summed E-state index contributed by atoms with van der Waals surface area (Å²) in [6.45, 7) is 2.61. The third-order valence-electron chi connectivity index (χ3n) is 12.7. The van der Waals surface area contributed by atoms with Gasteiger partial charge in [-0.2, -0.15) is 10.2 Å². The minimum Gasteiger partial charge on any atom is -0.371 e. The lowest BCUT2D eigenvalue weighted by atomic mass is 9.85. The molecule has 5 N–H and O–H groups in total. The summed E-state index contributed by atoms with van der Waals surface area (Å²) in [6, 6.07) is 5.53. The first-order valence-electron chi connectivity index (χ1n) is 20.9. The van der Waals surface area contributed by atoms with Crippen LogP contribution in [0.15, 0.2) is 42.9 Å². The molecule has 6 amide bonds. The molecule has 4 aliphatic heterocycles. The Morgan fingerprint density at radius 3 is 2.41 bits per heavy atom. The van der Waals surface area contributed by atoms with E-state index in [-0.39, 0.29) is 65.2 Å². The van der Waals surface area contributed by atoms with E-state index in [0.29, 0.717) is 69.6 Å². The molecule has 9 rings (SSSR count). The average molecular weight is 841 g/mol. The fourth-order valence-corrected chi connectivity index (χ4v) is 9.31. The standard InChI is InChI=1S/C41H46F2N12O6/c42-35(43)34-30(47-38(58)29-19-45-53-17-13-32(48-36(29)53)52-14-1-2-23(44)20-52)21-54(50-34)25-5-3-22(4-6-25)37(57)46-24-11-15-51(16-12-24)26-7-8-27-28(18-26)41(61)55(40(27)60)31-9-10-33(56)49-39(31)59/h7-8,13,17-19,21-25,31,35H,1-6,9-12,14-16,20,44H2,(H,46,57)(H,47,58)(H,49,56,59)/t22?,23-,25?,31?/m1/s1. The van der Waals surface area contributed by atoms with Gasteiger partial charge < -0.3 is 26.2 Å². The van der Waals surface area contributed by atoms with Gasteiger partial charge in [0, 0.05) is 68.7 Å². The molecule has 5 aliphatic rings. The summed E-state index contributed by atoms with van der Waals surface area (Å²) in [6.07, 6.45) is 6.99. The molecule has 20 heteroatoms. The van der Waals surface area contributed by atoms with Gasteiger partial charge in [0.05, 0.1) is 29.1 Å². The van der Waals surface area contributed by atoms with Crippen molar-refractivity contribution in [3.63, 3.8) is 0 Å². The zero-order chi connectivity index (χ0) is 42.5. The van der Waals surface area contributed by atoms with Gasteiger partial charge in [-0.3, -0.25) is 43.7 Å². The van der Waals surface area contributed by atoms with Crippen LogP contribution >= 0.6 is 0 Å². The number of carbonyl (C=O) groups excluding carboxylic acids is 6. The summed E-state index contributed by atoms with van der Waals surface area (Å²) in [5.41, 5.74) is 7.13. The Labute approximate surface area is 348 Å². The van der Waals surface area contributed by atoms with E-state index in [0.717, 1.165) is 30.0 Å². The van der Waals surface area contributed by atoms with Crippen molar-refractivity contribution in [1.29, 1.82) is 0 Å². The fraction of sp³-hybridized carbons (Fsp3) is 0.488. The van der Waals surface area contributed by atoms with Gasteiger partial charge in [0.2, 0.25) is 17.7 Å². The molecule has 0 bridgehead atoms. The van der Waals surface area contributed by atoms with Crippen LogP contribution in [-0.2, 0) is 14.4 Å². The van der Waals surface area contributed by atoms with Gasteiger partial charge in [-0.25, -0.2) is 18.3 Å². The van der Waals surface area contributed by atoms with Gasteiger partial charge in [-0.05, 0) is 82.1 Å². The predicted octanol–water partition coefficient (Wildman–Crippen LogP) is 2.96. The summed E-state index contributed by atoms with van der Waals surface area (Å²) >= 11 is 0. The number of aromatic nitrogens is 5. The van der Waals surface area contributed by atoms with Crippen molar-refractivity contribution in [2.24, 2.45) is 11.7 Å². The Balaban J connectivity index is 0.775. The third-order valence-corrected chi connectivity index (χ3v) is 12.7. The molecule has 18 nitrogen and oxygen atoms in total. The molecule has 2 atom stereocenters. The monoisotopic (exact) mass is 840 g/mol. The van der Waals surface area contributed by atoms with Crippen molar-refractivity contribution >= 4 is 58.3 Å². The molecule has 0 spiro atoms. The van der Waals surface area contributed by atoms with E-state index in [1.54, 1.807) is 30.5 Å². The molecule has 1 saturated carbocycles. The number of benzene rings is 1. The van der Waals surface area contributed by atoms with E-state index in [1.807, 2.05) is 0 Å².